The van der Waals surface area contributed by atoms with E-state index in [2.05, 4.69) is 0 Å². The second-order valence-corrected chi connectivity index (χ2v) is 3.44. The summed E-state index contributed by atoms with van der Waals surface area (Å²) in [6.45, 7) is -0.604. The number of rotatable bonds is 3. The molecule has 0 saturated heterocycles. The van der Waals surface area contributed by atoms with Gasteiger partial charge >= 0.3 is 0 Å². The zero-order valence-electron chi connectivity index (χ0n) is 8.00. The number of ether oxygens (including phenoxy) is 1. The van der Waals surface area contributed by atoms with Crippen LogP contribution in [0.5, 0.6) is 5.75 Å². The molecule has 2 rings (SSSR count). The van der Waals surface area contributed by atoms with E-state index in [-0.39, 0.29) is 5.78 Å². The third-order valence-electron chi connectivity index (χ3n) is 2.37. The van der Waals surface area contributed by atoms with E-state index in [9.17, 15) is 13.6 Å². The van der Waals surface area contributed by atoms with Crippen LogP contribution in [-0.4, -0.2) is 18.8 Å². The Morgan fingerprint density at radius 3 is 2.87 bits per heavy atom. The molecule has 0 saturated carbocycles. The second kappa shape index (κ2) is 3.96. The van der Waals surface area contributed by atoms with Crippen LogP contribution in [0.4, 0.5) is 8.78 Å². The van der Waals surface area contributed by atoms with Crippen LogP contribution in [0, 0.1) is 0 Å². The predicted molar refractivity (Wildman–Crippen MR) is 50.6 cm³/mol. The highest BCUT2D eigenvalue weighted by Crippen LogP contribution is 2.26. The number of ketones is 1. The molecule has 1 aromatic rings. The number of carbonyl (C=O) groups excluding carboxylic acids is 1. The topological polar surface area (TPSA) is 26.3 Å². The molecule has 0 N–H and O–H groups in total. The number of aryl methyl sites for hydroxylation is 1. The van der Waals surface area contributed by atoms with Gasteiger partial charge in [-0.25, -0.2) is 8.78 Å². The molecule has 0 fully saturated rings. The summed E-state index contributed by atoms with van der Waals surface area (Å²) in [5.41, 5.74) is 1.59. The Morgan fingerprint density at radius 1 is 1.33 bits per heavy atom. The van der Waals surface area contributed by atoms with Crippen molar-refractivity contribution in [2.45, 2.75) is 19.3 Å². The van der Waals surface area contributed by atoms with Crippen molar-refractivity contribution >= 4 is 5.78 Å². The van der Waals surface area contributed by atoms with Crippen molar-refractivity contribution in [1.82, 2.24) is 0 Å². The van der Waals surface area contributed by atoms with Gasteiger partial charge in [-0.05, 0) is 30.2 Å². The first-order valence-corrected chi connectivity index (χ1v) is 4.74. The quantitative estimate of drug-likeness (QED) is 0.769. The van der Waals surface area contributed by atoms with Crippen LogP contribution in [0.3, 0.4) is 0 Å². The Balaban J connectivity index is 2.13. The number of hydrogen-bond donors (Lipinski definition) is 0. The van der Waals surface area contributed by atoms with Crippen LogP contribution in [0.1, 0.15) is 22.3 Å². The lowest BCUT2D eigenvalue weighted by Gasteiger charge is -2.06. The summed E-state index contributed by atoms with van der Waals surface area (Å²) in [6.07, 6.45) is -1.28. The van der Waals surface area contributed by atoms with Crippen molar-refractivity contribution in [3.8, 4) is 5.75 Å². The van der Waals surface area contributed by atoms with Gasteiger partial charge in [0.15, 0.2) is 5.78 Å². The maximum absolute atomic E-state index is 11.9. The van der Waals surface area contributed by atoms with Gasteiger partial charge in [0.25, 0.3) is 6.43 Å². The SMILES string of the molecule is O=C1CCc2cc(OCC(F)F)ccc21. The molecule has 0 heterocycles. The molecule has 4 heteroatoms. The third-order valence-corrected chi connectivity index (χ3v) is 2.37. The van der Waals surface area contributed by atoms with E-state index in [0.717, 1.165) is 5.56 Å². The zero-order valence-corrected chi connectivity index (χ0v) is 8.00. The van der Waals surface area contributed by atoms with Gasteiger partial charge in [0, 0.05) is 12.0 Å². The highest BCUT2D eigenvalue weighted by Gasteiger charge is 2.19. The fourth-order valence-electron chi connectivity index (χ4n) is 1.68. The molecule has 0 aromatic heterocycles. The van der Waals surface area contributed by atoms with Crippen molar-refractivity contribution in [3.63, 3.8) is 0 Å². The smallest absolute Gasteiger partial charge is 0.272 e. The summed E-state index contributed by atoms with van der Waals surface area (Å²) in [4.78, 5) is 11.3. The van der Waals surface area contributed by atoms with E-state index in [0.29, 0.717) is 24.2 Å². The number of Topliss-reactive ketones (excluding diaryl/α,β-unsaturated/α-hetero) is 1. The molecule has 1 aromatic carbocycles. The average molecular weight is 212 g/mol. The van der Waals surface area contributed by atoms with Crippen LogP contribution in [0.15, 0.2) is 18.2 Å². The molecule has 0 radical (unpaired) electrons. The lowest BCUT2D eigenvalue weighted by atomic mass is 10.1. The van der Waals surface area contributed by atoms with Gasteiger partial charge in [0.05, 0.1) is 0 Å². The van der Waals surface area contributed by atoms with Gasteiger partial charge in [0.1, 0.15) is 12.4 Å². The van der Waals surface area contributed by atoms with Gasteiger partial charge in [-0.1, -0.05) is 0 Å². The van der Waals surface area contributed by atoms with E-state index in [1.54, 1.807) is 18.2 Å². The largest absolute Gasteiger partial charge is 0.488 e. The van der Waals surface area contributed by atoms with Crippen LogP contribution in [0.2, 0.25) is 0 Å². The first-order chi connectivity index (χ1) is 7.16. The first kappa shape index (κ1) is 10.1. The highest BCUT2D eigenvalue weighted by molar-refractivity contribution is 6.00. The summed E-state index contributed by atoms with van der Waals surface area (Å²) in [6, 6.07) is 4.87. The monoisotopic (exact) mass is 212 g/mol. The predicted octanol–water partition coefficient (Wildman–Crippen LogP) is 2.46. The van der Waals surface area contributed by atoms with E-state index < -0.39 is 13.0 Å². The van der Waals surface area contributed by atoms with Crippen LogP contribution in [0.25, 0.3) is 0 Å². The third kappa shape index (κ3) is 2.14. The van der Waals surface area contributed by atoms with Gasteiger partial charge in [-0.15, -0.1) is 0 Å². The molecule has 0 unspecified atom stereocenters. The Morgan fingerprint density at radius 2 is 2.13 bits per heavy atom. The average Bonchev–Trinajstić information content (AvgIpc) is 2.57. The molecule has 0 spiro atoms. The van der Waals surface area contributed by atoms with E-state index in [1.807, 2.05) is 0 Å². The van der Waals surface area contributed by atoms with Gasteiger partial charge in [0.2, 0.25) is 0 Å². The van der Waals surface area contributed by atoms with Gasteiger partial charge < -0.3 is 4.74 Å². The van der Waals surface area contributed by atoms with Gasteiger partial charge in [-0.2, -0.15) is 0 Å². The van der Waals surface area contributed by atoms with Crippen LogP contribution < -0.4 is 4.74 Å². The first-order valence-electron chi connectivity index (χ1n) is 4.74. The van der Waals surface area contributed by atoms with E-state index in [1.165, 1.54) is 0 Å². The Kier molecular flexibility index (Phi) is 2.66. The van der Waals surface area contributed by atoms with Crippen molar-refractivity contribution in [2.75, 3.05) is 6.61 Å². The Hall–Kier alpha value is -1.45. The van der Waals surface area contributed by atoms with Gasteiger partial charge in [-0.3, -0.25) is 4.79 Å². The normalized spacial score (nSPS) is 14.5. The number of benzene rings is 1. The van der Waals surface area contributed by atoms with Crippen LogP contribution in [-0.2, 0) is 6.42 Å². The number of halogens is 2. The fourth-order valence-corrected chi connectivity index (χ4v) is 1.68. The summed E-state index contributed by atoms with van der Waals surface area (Å²) in [7, 11) is 0. The van der Waals surface area contributed by atoms with Crippen molar-refractivity contribution in [3.05, 3.63) is 29.3 Å². The molecule has 1 aliphatic rings. The maximum Gasteiger partial charge on any atom is 0.272 e. The number of hydrogen-bond acceptors (Lipinski definition) is 2. The summed E-state index contributed by atoms with van der Waals surface area (Å²) < 4.78 is 28.6. The van der Waals surface area contributed by atoms with Crippen molar-refractivity contribution in [2.24, 2.45) is 0 Å². The Bertz CT molecular complexity index is 388. The molecule has 0 atom stereocenters. The molecule has 0 aliphatic heterocycles. The fraction of sp³-hybridized carbons (Fsp3) is 0.364. The molecule has 0 bridgehead atoms. The lowest BCUT2D eigenvalue weighted by molar-refractivity contribution is 0.0818. The summed E-state index contributed by atoms with van der Waals surface area (Å²) in [5.74, 6) is 0.522. The maximum atomic E-state index is 11.9. The second-order valence-electron chi connectivity index (χ2n) is 3.44. The van der Waals surface area contributed by atoms with Crippen LogP contribution >= 0.6 is 0 Å². The molecular formula is C11H10F2O2. The summed E-state index contributed by atoms with van der Waals surface area (Å²) in [5, 5.41) is 0. The number of alkyl halides is 2. The summed E-state index contributed by atoms with van der Waals surface area (Å²) >= 11 is 0. The molecule has 80 valence electrons. The van der Waals surface area contributed by atoms with Crippen molar-refractivity contribution in [1.29, 1.82) is 0 Å². The molecule has 1 aliphatic carbocycles. The molecular weight excluding hydrogens is 202 g/mol. The minimum absolute atomic E-state index is 0.116. The molecule has 15 heavy (non-hydrogen) atoms. The number of fused-ring (bicyclic) bond motifs is 1. The minimum atomic E-state index is -2.47. The lowest BCUT2D eigenvalue weighted by Crippen LogP contribution is -2.07. The van der Waals surface area contributed by atoms with E-state index in [4.69, 9.17) is 4.74 Å². The standard InChI is InChI=1S/C11H10F2O2/c12-11(13)6-15-8-2-3-9-7(5-8)1-4-10(9)14/h2-3,5,11H,1,4,6H2. The van der Waals surface area contributed by atoms with E-state index >= 15 is 0 Å². The molecule has 0 amide bonds. The zero-order chi connectivity index (χ0) is 10.8. The van der Waals surface area contributed by atoms with Crippen molar-refractivity contribution < 1.29 is 18.3 Å². The highest BCUT2D eigenvalue weighted by atomic mass is 19.3. The Labute approximate surface area is 85.9 Å². The minimum Gasteiger partial charge on any atom is -0.488 e. The molecule has 2 nitrogen and oxygen atoms in total. The number of carbonyl (C=O) groups is 1.